The molecule has 0 saturated carbocycles. The number of nitrogens with zero attached hydrogens (tertiary/aromatic N) is 3. The number of anilines is 1. The average Bonchev–Trinajstić information content (AvgIpc) is 3.35. The van der Waals surface area contributed by atoms with E-state index in [-0.39, 0.29) is 24.1 Å². The molecule has 5 rings (SSSR count). The molecule has 10 nitrogen and oxygen atoms in total. The van der Waals surface area contributed by atoms with Gasteiger partial charge in [0.2, 0.25) is 5.91 Å². The number of benzodiazepines with no additional fused rings is 1. The van der Waals surface area contributed by atoms with Crippen molar-refractivity contribution in [2.75, 3.05) is 51.2 Å². The Morgan fingerprint density at radius 3 is 2.37 bits per heavy atom. The first kappa shape index (κ1) is 36.4. The number of ether oxygens (including phenoxy) is 1. The summed E-state index contributed by atoms with van der Waals surface area (Å²) in [4.78, 5) is 30.3. The Morgan fingerprint density at radius 1 is 1.13 bits per heavy atom. The molecule has 12 heteroatoms. The molecule has 1 atom stereocenters. The van der Waals surface area contributed by atoms with Gasteiger partial charge in [0.25, 0.3) is 0 Å². The maximum atomic E-state index is 10.6. The number of likely N-dealkylation sites (tertiary alicyclic amines) is 1. The van der Waals surface area contributed by atoms with Crippen molar-refractivity contribution < 1.29 is 18.9 Å². The van der Waals surface area contributed by atoms with Crippen molar-refractivity contribution in [3.8, 4) is 5.75 Å². The summed E-state index contributed by atoms with van der Waals surface area (Å²) in [7, 11) is 1.99. The molecule has 0 spiro atoms. The molecular weight excluding hydrogens is 624 g/mol. The van der Waals surface area contributed by atoms with Crippen LogP contribution in [0, 0.1) is 10.8 Å². The number of aliphatic imine (C=N–C) groups is 1. The first-order valence-electron chi connectivity index (χ1n) is 14.6. The van der Waals surface area contributed by atoms with Crippen molar-refractivity contribution in [2.45, 2.75) is 31.2 Å². The fourth-order valence-corrected chi connectivity index (χ4v) is 5.92. The van der Waals surface area contributed by atoms with Crippen LogP contribution in [-0.4, -0.2) is 91.4 Å². The van der Waals surface area contributed by atoms with Crippen LogP contribution >= 0.6 is 21.9 Å². The fourth-order valence-electron chi connectivity index (χ4n) is 4.96. The minimum atomic E-state index is -1.69. The lowest BCUT2D eigenvalue weighted by molar-refractivity contribution is -0.119. The standard InChI is InChI=1S/C18H17ClN4O.C9H12O2S.C7H14N2O/c1-11(20)23-16-8-7-14(24-2)9-15(16)18(22-10-17(23)21)12-3-5-13(19)6-4-12;1-12(2,11)9-5-3-4-8(6-9)7-10;1-6(10)8-7-3-4-9(2)5-7/h3-9,20-21H,10H2,1-2H3;3-7,11H,1-2H3;7H,3-5H2,1-2H3,(H,8,10). The van der Waals surface area contributed by atoms with E-state index in [9.17, 15) is 14.1 Å². The zero-order chi connectivity index (χ0) is 34.0. The first-order valence-corrected chi connectivity index (χ1v) is 17.4. The van der Waals surface area contributed by atoms with Gasteiger partial charge in [-0.3, -0.25) is 30.3 Å². The minimum absolute atomic E-state index is 0.0836. The molecule has 3 aromatic carbocycles. The molecule has 1 amide bonds. The maximum Gasteiger partial charge on any atom is 0.217 e. The largest absolute Gasteiger partial charge is 0.497 e. The lowest BCUT2D eigenvalue weighted by atomic mass is 9.99. The average molecular weight is 667 g/mol. The highest BCUT2D eigenvalue weighted by Gasteiger charge is 2.25. The predicted octanol–water partition coefficient (Wildman–Crippen LogP) is 6.20. The molecule has 0 aliphatic carbocycles. The molecule has 0 bridgehead atoms. The summed E-state index contributed by atoms with van der Waals surface area (Å²) >= 11 is 5.99. The molecule has 46 heavy (non-hydrogen) atoms. The number of fused-ring (bicyclic) bond motifs is 1. The number of halogens is 1. The van der Waals surface area contributed by atoms with Crippen LogP contribution in [0.2, 0.25) is 5.02 Å². The van der Waals surface area contributed by atoms with Crippen LogP contribution in [0.15, 0.2) is 76.6 Å². The van der Waals surface area contributed by atoms with E-state index in [1.165, 1.54) is 0 Å². The highest BCUT2D eigenvalue weighted by molar-refractivity contribution is 8.28. The number of hydrogen-bond donors (Lipinski definition) is 4. The molecule has 0 radical (unpaired) electrons. The summed E-state index contributed by atoms with van der Waals surface area (Å²) in [5, 5.41) is 19.8. The third-order valence-electron chi connectivity index (χ3n) is 7.18. The van der Waals surface area contributed by atoms with Crippen molar-refractivity contribution in [1.29, 1.82) is 10.8 Å². The predicted molar refractivity (Wildman–Crippen MR) is 190 cm³/mol. The SMILES string of the molecule is CC(=O)NC1CCN(C)C1.COc1ccc2c(c1)C(c1ccc(Cl)cc1)=NCC(=N)N2C(C)=N.CS(C)(O)c1cccc(C=O)c1. The van der Waals surface area contributed by atoms with E-state index in [4.69, 9.17) is 27.2 Å². The number of methoxy groups -OCH3 is 1. The summed E-state index contributed by atoms with van der Waals surface area (Å²) in [6.07, 6.45) is 5.43. The van der Waals surface area contributed by atoms with Gasteiger partial charge in [-0.05, 0) is 81.9 Å². The van der Waals surface area contributed by atoms with Gasteiger partial charge >= 0.3 is 0 Å². The van der Waals surface area contributed by atoms with E-state index in [1.54, 1.807) is 56.6 Å². The number of carbonyl (C=O) groups is 2. The lowest BCUT2D eigenvalue weighted by Crippen LogP contribution is -2.35. The number of hydrogen-bond acceptors (Lipinski definition) is 8. The minimum Gasteiger partial charge on any atom is -0.497 e. The van der Waals surface area contributed by atoms with E-state index in [1.807, 2.05) is 48.5 Å². The Kier molecular flexibility index (Phi) is 13.1. The van der Waals surface area contributed by atoms with Crippen molar-refractivity contribution in [3.63, 3.8) is 0 Å². The molecule has 2 aliphatic heterocycles. The van der Waals surface area contributed by atoms with Gasteiger partial charge < -0.3 is 19.5 Å². The Morgan fingerprint density at radius 2 is 1.83 bits per heavy atom. The topological polar surface area (TPSA) is 142 Å². The molecule has 1 unspecified atom stereocenters. The third kappa shape index (κ3) is 10.2. The number of amides is 1. The van der Waals surface area contributed by atoms with Crippen LogP contribution in [0.5, 0.6) is 5.75 Å². The van der Waals surface area contributed by atoms with Gasteiger partial charge in [0.05, 0.1) is 25.1 Å². The van der Waals surface area contributed by atoms with Crippen LogP contribution in [0.25, 0.3) is 0 Å². The van der Waals surface area contributed by atoms with E-state index in [0.29, 0.717) is 22.4 Å². The maximum absolute atomic E-state index is 10.6. The van der Waals surface area contributed by atoms with Crippen LogP contribution in [-0.2, 0) is 4.79 Å². The number of amidine groups is 2. The Hall–Kier alpha value is -4.03. The molecule has 2 heterocycles. The van der Waals surface area contributed by atoms with Gasteiger partial charge in [-0.15, -0.1) is 10.3 Å². The van der Waals surface area contributed by atoms with Gasteiger partial charge in [0.15, 0.2) is 0 Å². The highest BCUT2D eigenvalue weighted by Crippen LogP contribution is 2.44. The zero-order valence-electron chi connectivity index (χ0n) is 27.1. The van der Waals surface area contributed by atoms with Crippen molar-refractivity contribution in [3.05, 3.63) is 88.4 Å². The summed E-state index contributed by atoms with van der Waals surface area (Å²) in [5.74, 6) is 1.32. The second-order valence-corrected chi connectivity index (χ2v) is 14.8. The van der Waals surface area contributed by atoms with E-state index in [2.05, 4.69) is 22.3 Å². The Bertz CT molecular complexity index is 1590. The van der Waals surface area contributed by atoms with Gasteiger partial charge in [-0.1, -0.05) is 35.9 Å². The molecular formula is C34H43ClN6O4S. The molecule has 1 fully saturated rings. The molecule has 2 aliphatic rings. The first-order chi connectivity index (χ1) is 21.7. The van der Waals surface area contributed by atoms with Gasteiger partial charge in [-0.25, -0.2) is 0 Å². The van der Waals surface area contributed by atoms with E-state index in [0.717, 1.165) is 53.2 Å². The number of likely N-dealkylation sites (N-methyl/N-ethyl adjacent to an activating group) is 1. The second kappa shape index (κ2) is 16.5. The van der Waals surface area contributed by atoms with E-state index >= 15 is 0 Å². The van der Waals surface area contributed by atoms with Crippen LogP contribution in [0.4, 0.5) is 5.69 Å². The number of carbonyl (C=O) groups excluding carboxylic acids is 2. The van der Waals surface area contributed by atoms with Gasteiger partial charge in [0.1, 0.15) is 23.7 Å². The van der Waals surface area contributed by atoms with Crippen LogP contribution in [0.3, 0.4) is 0 Å². The number of aldehydes is 1. The summed E-state index contributed by atoms with van der Waals surface area (Å²) in [5.41, 5.74) is 3.85. The van der Waals surface area contributed by atoms with Crippen molar-refractivity contribution >= 4 is 57.2 Å². The molecule has 3 aromatic rings. The third-order valence-corrected chi connectivity index (χ3v) is 8.84. The van der Waals surface area contributed by atoms with Gasteiger partial charge in [-0.2, -0.15) is 0 Å². The second-order valence-electron chi connectivity index (χ2n) is 11.3. The number of nitrogens with one attached hydrogen (secondary N) is 3. The fraction of sp³-hybridized carbons (Fsp3) is 0.324. The lowest BCUT2D eigenvalue weighted by Gasteiger charge is -2.24. The Labute approximate surface area is 278 Å². The smallest absolute Gasteiger partial charge is 0.217 e. The van der Waals surface area contributed by atoms with Crippen LogP contribution in [0.1, 0.15) is 41.8 Å². The van der Waals surface area contributed by atoms with E-state index < -0.39 is 10.3 Å². The monoisotopic (exact) mass is 666 g/mol. The Balaban J connectivity index is 0.000000218. The van der Waals surface area contributed by atoms with Gasteiger partial charge in [0, 0.05) is 46.1 Å². The quantitative estimate of drug-likeness (QED) is 0.145. The number of rotatable bonds is 5. The van der Waals surface area contributed by atoms with Crippen molar-refractivity contribution in [2.24, 2.45) is 4.99 Å². The van der Waals surface area contributed by atoms with Crippen LogP contribution < -0.4 is 15.0 Å². The van der Waals surface area contributed by atoms with Crippen molar-refractivity contribution in [1.82, 2.24) is 10.2 Å². The normalized spacial score (nSPS) is 16.3. The molecule has 1 saturated heterocycles. The summed E-state index contributed by atoms with van der Waals surface area (Å²) in [6, 6.07) is 20.5. The summed E-state index contributed by atoms with van der Waals surface area (Å²) < 4.78 is 15.0. The molecule has 4 N–H and O–H groups in total. The number of benzene rings is 3. The summed E-state index contributed by atoms with van der Waals surface area (Å²) in [6.45, 7) is 5.53. The molecule has 0 aromatic heterocycles. The molecule has 246 valence electrons. The zero-order valence-corrected chi connectivity index (χ0v) is 28.7. The highest BCUT2D eigenvalue weighted by atomic mass is 35.5.